The lowest BCUT2D eigenvalue weighted by atomic mass is 9.48. The molecule has 0 saturated heterocycles. The lowest BCUT2D eigenvalue weighted by molar-refractivity contribution is -0.0652. The Morgan fingerprint density at radius 3 is 2.09 bits per heavy atom. The highest BCUT2D eigenvalue weighted by atomic mass is 16.3. The number of phenols is 3. The number of carbonyl (C=O) groups is 2. The molecule has 6 heteroatoms. The predicted octanol–water partition coefficient (Wildman–Crippen LogP) is 5.72. The highest BCUT2D eigenvalue weighted by molar-refractivity contribution is 5.95. The zero-order chi connectivity index (χ0) is 25.6. The van der Waals surface area contributed by atoms with Crippen LogP contribution in [0.3, 0.4) is 0 Å². The van der Waals surface area contributed by atoms with Crippen molar-refractivity contribution < 1.29 is 30.0 Å². The van der Waals surface area contributed by atoms with Crippen molar-refractivity contribution in [2.24, 2.45) is 29.1 Å². The number of aromatic hydroxyl groups is 3. The minimum Gasteiger partial charge on any atom is -0.507 e. The molecule has 1 aromatic rings. The van der Waals surface area contributed by atoms with Gasteiger partial charge in [-0.15, -0.1) is 0 Å². The second-order valence-corrected chi connectivity index (χ2v) is 11.7. The van der Waals surface area contributed by atoms with E-state index in [-0.39, 0.29) is 51.7 Å². The van der Waals surface area contributed by atoms with Crippen molar-refractivity contribution in [2.75, 3.05) is 0 Å². The Morgan fingerprint density at radius 1 is 1.06 bits per heavy atom. The summed E-state index contributed by atoms with van der Waals surface area (Å²) >= 11 is 0. The van der Waals surface area contributed by atoms with Gasteiger partial charge in [0.25, 0.3) is 0 Å². The van der Waals surface area contributed by atoms with Crippen LogP contribution in [0, 0.1) is 29.1 Å². The van der Waals surface area contributed by atoms with Crippen LogP contribution in [0.2, 0.25) is 0 Å². The van der Waals surface area contributed by atoms with Gasteiger partial charge in [-0.1, -0.05) is 32.9 Å². The van der Waals surface area contributed by atoms with Gasteiger partial charge in [-0.3, -0.25) is 9.59 Å². The number of aliphatic hydroxyl groups is 1. The van der Waals surface area contributed by atoms with Crippen molar-refractivity contribution in [2.45, 2.75) is 84.7 Å². The number of benzene rings is 1. The van der Waals surface area contributed by atoms with E-state index >= 15 is 0 Å². The first-order valence-corrected chi connectivity index (χ1v) is 12.4. The van der Waals surface area contributed by atoms with E-state index in [2.05, 4.69) is 27.4 Å². The van der Waals surface area contributed by atoms with Crippen molar-refractivity contribution in [3.63, 3.8) is 0 Å². The Balaban J connectivity index is 2.17. The predicted molar refractivity (Wildman–Crippen MR) is 132 cm³/mol. The van der Waals surface area contributed by atoms with Crippen LogP contribution >= 0.6 is 0 Å². The van der Waals surface area contributed by atoms with Crippen molar-refractivity contribution in [1.29, 1.82) is 0 Å². The molecule has 0 spiro atoms. The van der Waals surface area contributed by atoms with Gasteiger partial charge in [0.2, 0.25) is 0 Å². The molecule has 2 fully saturated rings. The molecule has 0 bridgehead atoms. The maximum absolute atomic E-state index is 11.7. The van der Waals surface area contributed by atoms with E-state index < -0.39 is 22.8 Å². The van der Waals surface area contributed by atoms with Gasteiger partial charge in [0.1, 0.15) is 17.2 Å². The van der Waals surface area contributed by atoms with Crippen LogP contribution in [-0.2, 0) is 0 Å². The molecule has 0 unspecified atom stereocenters. The minimum absolute atomic E-state index is 0.0495. The molecule has 0 aromatic heterocycles. The molecule has 0 amide bonds. The van der Waals surface area contributed by atoms with E-state index in [0.29, 0.717) is 19.0 Å². The summed E-state index contributed by atoms with van der Waals surface area (Å²) in [6.45, 7) is 14.5. The fourth-order valence-corrected chi connectivity index (χ4v) is 6.89. The second kappa shape index (κ2) is 9.37. The summed E-state index contributed by atoms with van der Waals surface area (Å²) in [5.74, 6) is -1.31. The number of fused-ring (bicyclic) bond motifs is 1. The number of carbonyl (C=O) groups excluding carboxylic acids is 2. The number of hydrogen-bond acceptors (Lipinski definition) is 6. The van der Waals surface area contributed by atoms with Crippen LogP contribution in [0.1, 0.15) is 105 Å². The lowest BCUT2D eigenvalue weighted by Crippen LogP contribution is -2.49. The largest absolute Gasteiger partial charge is 0.507 e. The van der Waals surface area contributed by atoms with E-state index in [4.69, 9.17) is 0 Å². The number of allylic oxidation sites excluding steroid dienone is 1. The molecule has 4 N–H and O–H groups in total. The van der Waals surface area contributed by atoms with Crippen LogP contribution in [0.25, 0.3) is 0 Å². The Bertz CT molecular complexity index is 937. The Morgan fingerprint density at radius 2 is 1.62 bits per heavy atom. The molecule has 2 aliphatic rings. The summed E-state index contributed by atoms with van der Waals surface area (Å²) in [6.07, 6.45) is 5.46. The van der Waals surface area contributed by atoms with Gasteiger partial charge in [-0.05, 0) is 87.4 Å². The summed E-state index contributed by atoms with van der Waals surface area (Å²) < 4.78 is 0. The van der Waals surface area contributed by atoms with Gasteiger partial charge in [-0.2, -0.15) is 0 Å². The fraction of sp³-hybridized carbons (Fsp3) is 0.643. The number of phenolic OH excluding ortho intramolecular Hbond substituents is 3. The topological polar surface area (TPSA) is 115 Å². The Kier molecular flexibility index (Phi) is 7.24. The monoisotopic (exact) mass is 472 g/mol. The average Bonchev–Trinajstić information content (AvgIpc) is 2.72. The molecule has 2 aliphatic carbocycles. The fourth-order valence-electron chi connectivity index (χ4n) is 6.89. The first-order chi connectivity index (χ1) is 15.8. The van der Waals surface area contributed by atoms with Crippen LogP contribution < -0.4 is 0 Å². The van der Waals surface area contributed by atoms with E-state index in [1.165, 1.54) is 5.57 Å². The first kappa shape index (κ1) is 26.3. The van der Waals surface area contributed by atoms with Crippen molar-refractivity contribution >= 4 is 12.6 Å². The minimum atomic E-state index is -0.781. The molecule has 6 nitrogen and oxygen atoms in total. The van der Waals surface area contributed by atoms with E-state index in [1.54, 1.807) is 0 Å². The number of hydrogen-bond donors (Lipinski definition) is 4. The standard InChI is InChI=1S/C28H40O6/c1-15(2)11-18(23-25(32)19(13-29)24(31)20(14-30)26(23)33)21-8-7-16(3)22-12-17(27(4,5)34)9-10-28(21,22)6/h13-15,17-18,21-22,31-34H,3,7-12H2,1-2,4-6H3/t17-,18-,21+,22+,28+/m1/s1. The molecule has 34 heavy (non-hydrogen) atoms. The Hall–Kier alpha value is -2.34. The zero-order valence-corrected chi connectivity index (χ0v) is 21.1. The second-order valence-electron chi connectivity index (χ2n) is 11.7. The summed E-state index contributed by atoms with van der Waals surface area (Å²) in [7, 11) is 0. The smallest absolute Gasteiger partial charge is 0.157 e. The summed E-state index contributed by atoms with van der Waals surface area (Å²) in [5.41, 5.74) is -0.338. The van der Waals surface area contributed by atoms with Gasteiger partial charge in [-0.25, -0.2) is 0 Å². The molecule has 2 saturated carbocycles. The van der Waals surface area contributed by atoms with Crippen LogP contribution in [0.5, 0.6) is 17.2 Å². The van der Waals surface area contributed by atoms with Crippen molar-refractivity contribution in [1.82, 2.24) is 0 Å². The molecular weight excluding hydrogens is 432 g/mol. The normalized spacial score (nSPS) is 28.4. The van der Waals surface area contributed by atoms with Gasteiger partial charge in [0, 0.05) is 5.56 Å². The number of rotatable bonds is 7. The van der Waals surface area contributed by atoms with Crippen LogP contribution in [0.4, 0.5) is 0 Å². The Labute approximate surface area is 202 Å². The quantitative estimate of drug-likeness (QED) is 0.298. The molecule has 1 aromatic carbocycles. The van der Waals surface area contributed by atoms with E-state index in [0.717, 1.165) is 32.1 Å². The molecule has 0 radical (unpaired) electrons. The average molecular weight is 473 g/mol. The molecule has 5 atom stereocenters. The van der Waals surface area contributed by atoms with Gasteiger partial charge < -0.3 is 20.4 Å². The van der Waals surface area contributed by atoms with Crippen molar-refractivity contribution in [3.8, 4) is 17.2 Å². The molecule has 0 aliphatic heterocycles. The molecule has 3 rings (SSSR count). The SMILES string of the molecule is C=C1CC[C@@H]([C@@H](CC(C)C)c2c(O)c(C=O)c(O)c(C=O)c2O)[C@]2(C)CC[C@@H](C(C)(C)O)C[C@@H]12. The summed E-state index contributed by atoms with van der Waals surface area (Å²) in [6, 6.07) is 0. The third-order valence-electron chi connectivity index (χ3n) is 8.81. The zero-order valence-electron chi connectivity index (χ0n) is 21.1. The van der Waals surface area contributed by atoms with Crippen LogP contribution in [-0.4, -0.2) is 38.6 Å². The first-order valence-electron chi connectivity index (χ1n) is 12.4. The third-order valence-corrected chi connectivity index (χ3v) is 8.81. The summed E-state index contributed by atoms with van der Waals surface area (Å²) in [5, 5.41) is 43.1. The van der Waals surface area contributed by atoms with Crippen molar-refractivity contribution in [3.05, 3.63) is 28.8 Å². The molecule has 188 valence electrons. The highest BCUT2D eigenvalue weighted by Crippen LogP contribution is 2.63. The molecular formula is C28H40O6. The van der Waals surface area contributed by atoms with E-state index in [9.17, 15) is 30.0 Å². The third kappa shape index (κ3) is 4.37. The molecule has 0 heterocycles. The van der Waals surface area contributed by atoms with E-state index in [1.807, 2.05) is 13.8 Å². The van der Waals surface area contributed by atoms with Gasteiger partial charge in [0.05, 0.1) is 16.7 Å². The van der Waals surface area contributed by atoms with Gasteiger partial charge in [0.15, 0.2) is 12.6 Å². The highest BCUT2D eigenvalue weighted by Gasteiger charge is 2.53. The van der Waals surface area contributed by atoms with Gasteiger partial charge >= 0.3 is 0 Å². The van der Waals surface area contributed by atoms with Crippen LogP contribution in [0.15, 0.2) is 12.2 Å². The maximum Gasteiger partial charge on any atom is 0.157 e. The number of aldehydes is 2. The maximum atomic E-state index is 11.7. The summed E-state index contributed by atoms with van der Waals surface area (Å²) in [4.78, 5) is 23.4. The lowest BCUT2D eigenvalue weighted by Gasteiger charge is -2.57.